The number of β-amino-alcohol motifs (C(OH)–C–C–N with tert-alkyl or cyclic N) is 1. The lowest BCUT2D eigenvalue weighted by Gasteiger charge is -2.25. The van der Waals surface area contributed by atoms with Crippen LogP contribution in [0.15, 0.2) is 12.7 Å². The second-order valence-electron chi connectivity index (χ2n) is 5.84. The van der Waals surface area contributed by atoms with Crippen molar-refractivity contribution in [3.63, 3.8) is 0 Å². The van der Waals surface area contributed by atoms with Crippen LogP contribution in [0, 0.1) is 0 Å². The number of likely N-dealkylation sites (tertiary alicyclic amines) is 1. The standard InChI is InChI=1S/C16H27NO5/c1-4-6-7-11(3)22-13(5-2)9-15(19)17-10-12(18)8-14(17)16(20)21/h4,11-14,18H,1,5-10H2,2-3H3,(H,20,21). The molecule has 0 aromatic rings. The van der Waals surface area contributed by atoms with Gasteiger partial charge in [-0.1, -0.05) is 13.0 Å². The maximum atomic E-state index is 12.3. The van der Waals surface area contributed by atoms with E-state index in [0.29, 0.717) is 6.42 Å². The molecule has 0 aromatic carbocycles. The third-order valence-electron chi connectivity index (χ3n) is 3.94. The van der Waals surface area contributed by atoms with Gasteiger partial charge < -0.3 is 19.8 Å². The molecule has 1 aliphatic heterocycles. The number of rotatable bonds is 9. The van der Waals surface area contributed by atoms with Crippen molar-refractivity contribution in [1.82, 2.24) is 4.90 Å². The van der Waals surface area contributed by atoms with Crippen LogP contribution in [0.25, 0.3) is 0 Å². The molecule has 1 saturated heterocycles. The van der Waals surface area contributed by atoms with Crippen LogP contribution in [-0.2, 0) is 14.3 Å². The number of ether oxygens (including phenoxy) is 1. The third-order valence-corrected chi connectivity index (χ3v) is 3.94. The van der Waals surface area contributed by atoms with Gasteiger partial charge in [-0.2, -0.15) is 0 Å². The fraction of sp³-hybridized carbons (Fsp3) is 0.750. The van der Waals surface area contributed by atoms with Gasteiger partial charge >= 0.3 is 5.97 Å². The van der Waals surface area contributed by atoms with Crippen molar-refractivity contribution in [2.75, 3.05) is 6.54 Å². The number of nitrogens with zero attached hydrogens (tertiary/aromatic N) is 1. The van der Waals surface area contributed by atoms with Gasteiger partial charge in [-0.15, -0.1) is 6.58 Å². The van der Waals surface area contributed by atoms with E-state index in [9.17, 15) is 14.7 Å². The molecule has 0 radical (unpaired) electrons. The van der Waals surface area contributed by atoms with Crippen molar-refractivity contribution in [2.24, 2.45) is 0 Å². The summed E-state index contributed by atoms with van der Waals surface area (Å²) in [4.78, 5) is 24.8. The number of amides is 1. The highest BCUT2D eigenvalue weighted by Gasteiger charge is 2.39. The molecule has 1 amide bonds. The summed E-state index contributed by atoms with van der Waals surface area (Å²) in [5, 5.41) is 18.7. The van der Waals surface area contributed by atoms with Crippen LogP contribution in [0.1, 0.15) is 46.0 Å². The number of aliphatic carboxylic acids is 1. The van der Waals surface area contributed by atoms with Gasteiger partial charge in [0.05, 0.1) is 24.7 Å². The van der Waals surface area contributed by atoms with E-state index in [0.717, 1.165) is 12.8 Å². The zero-order valence-corrected chi connectivity index (χ0v) is 13.4. The first-order valence-corrected chi connectivity index (χ1v) is 7.85. The molecule has 0 aliphatic carbocycles. The molecule has 1 heterocycles. The lowest BCUT2D eigenvalue weighted by molar-refractivity contribution is -0.149. The summed E-state index contributed by atoms with van der Waals surface area (Å²) in [5.74, 6) is -1.34. The van der Waals surface area contributed by atoms with E-state index < -0.39 is 18.1 Å². The second kappa shape index (κ2) is 8.90. The molecule has 6 nitrogen and oxygen atoms in total. The number of allylic oxidation sites excluding steroid dienone is 1. The summed E-state index contributed by atoms with van der Waals surface area (Å²) in [6.07, 6.45) is 3.46. The van der Waals surface area contributed by atoms with Crippen molar-refractivity contribution in [3.05, 3.63) is 12.7 Å². The first-order chi connectivity index (χ1) is 10.4. The van der Waals surface area contributed by atoms with Gasteiger partial charge in [0.2, 0.25) is 5.91 Å². The Kier molecular flexibility index (Phi) is 7.55. The number of carbonyl (C=O) groups excluding carboxylic acids is 1. The minimum atomic E-state index is -1.07. The molecule has 126 valence electrons. The Morgan fingerprint density at radius 1 is 1.50 bits per heavy atom. The SMILES string of the molecule is C=CCCC(C)OC(CC)CC(=O)N1CC(O)CC1C(=O)O. The van der Waals surface area contributed by atoms with E-state index in [4.69, 9.17) is 9.84 Å². The van der Waals surface area contributed by atoms with Crippen LogP contribution >= 0.6 is 0 Å². The molecular weight excluding hydrogens is 286 g/mol. The van der Waals surface area contributed by atoms with Crippen LogP contribution in [0.5, 0.6) is 0 Å². The van der Waals surface area contributed by atoms with Crippen molar-refractivity contribution in [1.29, 1.82) is 0 Å². The summed E-state index contributed by atoms with van der Waals surface area (Å²) in [5.41, 5.74) is 0. The molecule has 0 spiro atoms. The van der Waals surface area contributed by atoms with E-state index in [1.165, 1.54) is 4.90 Å². The predicted molar refractivity (Wildman–Crippen MR) is 82.4 cm³/mol. The van der Waals surface area contributed by atoms with E-state index in [2.05, 4.69) is 6.58 Å². The van der Waals surface area contributed by atoms with Gasteiger partial charge in [0, 0.05) is 13.0 Å². The summed E-state index contributed by atoms with van der Waals surface area (Å²) in [6.45, 7) is 7.64. The van der Waals surface area contributed by atoms with Crippen LogP contribution in [0.4, 0.5) is 0 Å². The maximum absolute atomic E-state index is 12.3. The quantitative estimate of drug-likeness (QED) is 0.631. The van der Waals surface area contributed by atoms with Crippen molar-refractivity contribution >= 4 is 11.9 Å². The molecule has 0 bridgehead atoms. The summed E-state index contributed by atoms with van der Waals surface area (Å²) >= 11 is 0. The van der Waals surface area contributed by atoms with E-state index >= 15 is 0 Å². The van der Waals surface area contributed by atoms with Crippen LogP contribution in [0.2, 0.25) is 0 Å². The third kappa shape index (κ3) is 5.42. The smallest absolute Gasteiger partial charge is 0.326 e. The second-order valence-corrected chi connectivity index (χ2v) is 5.84. The molecule has 0 aromatic heterocycles. The normalized spacial score (nSPS) is 24.0. The molecule has 1 rings (SSSR count). The summed E-state index contributed by atoms with van der Waals surface area (Å²) in [6, 6.07) is -0.932. The Labute approximate surface area is 131 Å². The Morgan fingerprint density at radius 3 is 2.73 bits per heavy atom. The Bertz CT molecular complexity index is 398. The highest BCUT2D eigenvalue weighted by atomic mass is 16.5. The fourth-order valence-corrected chi connectivity index (χ4v) is 2.67. The number of hydrogen-bond acceptors (Lipinski definition) is 4. The highest BCUT2D eigenvalue weighted by molar-refractivity contribution is 5.84. The molecule has 2 N–H and O–H groups in total. The zero-order chi connectivity index (χ0) is 16.7. The molecule has 22 heavy (non-hydrogen) atoms. The monoisotopic (exact) mass is 313 g/mol. The predicted octanol–water partition coefficient (Wildman–Crippen LogP) is 1.57. The van der Waals surface area contributed by atoms with Crippen LogP contribution in [-0.4, -0.2) is 57.9 Å². The van der Waals surface area contributed by atoms with Gasteiger partial charge in [0.15, 0.2) is 0 Å². The molecular formula is C16H27NO5. The number of hydrogen-bond donors (Lipinski definition) is 2. The van der Waals surface area contributed by atoms with Crippen LogP contribution in [0.3, 0.4) is 0 Å². The molecule has 0 saturated carbocycles. The molecule has 4 unspecified atom stereocenters. The average molecular weight is 313 g/mol. The first kappa shape index (κ1) is 18.6. The van der Waals surface area contributed by atoms with E-state index in [1.807, 2.05) is 19.9 Å². The summed E-state index contributed by atoms with van der Waals surface area (Å²) < 4.78 is 5.85. The van der Waals surface area contributed by atoms with Crippen LogP contribution < -0.4 is 0 Å². The Balaban J connectivity index is 2.56. The van der Waals surface area contributed by atoms with Crippen molar-refractivity contribution in [2.45, 2.75) is 70.3 Å². The van der Waals surface area contributed by atoms with Gasteiger partial charge in [-0.05, 0) is 26.2 Å². The fourth-order valence-electron chi connectivity index (χ4n) is 2.67. The molecule has 1 fully saturated rings. The van der Waals surface area contributed by atoms with Crippen molar-refractivity contribution < 1.29 is 24.5 Å². The number of aliphatic hydroxyl groups excluding tert-OH is 1. The van der Waals surface area contributed by atoms with Gasteiger partial charge in [0.25, 0.3) is 0 Å². The number of carbonyl (C=O) groups is 2. The Morgan fingerprint density at radius 2 is 2.18 bits per heavy atom. The summed E-state index contributed by atoms with van der Waals surface area (Å²) in [7, 11) is 0. The van der Waals surface area contributed by atoms with Gasteiger partial charge in [-0.3, -0.25) is 4.79 Å². The average Bonchev–Trinajstić information content (AvgIpc) is 2.86. The lowest BCUT2D eigenvalue weighted by atomic mass is 10.1. The van der Waals surface area contributed by atoms with E-state index in [1.54, 1.807) is 0 Å². The molecule has 1 aliphatic rings. The highest BCUT2D eigenvalue weighted by Crippen LogP contribution is 2.21. The largest absolute Gasteiger partial charge is 0.480 e. The zero-order valence-electron chi connectivity index (χ0n) is 13.4. The lowest BCUT2D eigenvalue weighted by Crippen LogP contribution is -2.42. The van der Waals surface area contributed by atoms with Crippen molar-refractivity contribution in [3.8, 4) is 0 Å². The maximum Gasteiger partial charge on any atom is 0.326 e. The van der Waals surface area contributed by atoms with E-state index in [-0.39, 0.29) is 37.5 Å². The first-order valence-electron chi connectivity index (χ1n) is 7.85. The minimum Gasteiger partial charge on any atom is -0.480 e. The molecule has 6 heteroatoms. The number of carboxylic acids is 1. The Hall–Kier alpha value is -1.40. The number of carboxylic acid groups (broad SMARTS) is 1. The van der Waals surface area contributed by atoms with Gasteiger partial charge in [-0.25, -0.2) is 4.79 Å². The molecule has 4 atom stereocenters. The minimum absolute atomic E-state index is 0.0233. The topological polar surface area (TPSA) is 87.1 Å². The van der Waals surface area contributed by atoms with Gasteiger partial charge in [0.1, 0.15) is 6.04 Å². The number of aliphatic hydroxyl groups is 1.